The Balaban J connectivity index is 0.00000182. The van der Waals surface area contributed by atoms with Gasteiger partial charge in [0.2, 0.25) is 0 Å². The van der Waals surface area contributed by atoms with Crippen molar-refractivity contribution in [3.63, 3.8) is 0 Å². The van der Waals surface area contributed by atoms with E-state index in [1.54, 1.807) is 11.3 Å². The van der Waals surface area contributed by atoms with Gasteiger partial charge in [-0.2, -0.15) is 0 Å². The molecule has 2 aliphatic rings. The fraction of sp³-hybridized carbons (Fsp3) is 0.200. The molecule has 128 valence electrons. The smallest absolute Gasteiger partial charge is 0.0889 e. The van der Waals surface area contributed by atoms with Crippen LogP contribution in [0.4, 0.5) is 5.69 Å². The highest BCUT2D eigenvalue weighted by Gasteiger charge is 2.13. The lowest BCUT2D eigenvalue weighted by atomic mass is 10.1. The Morgan fingerprint density at radius 3 is 2.44 bits per heavy atom. The summed E-state index contributed by atoms with van der Waals surface area (Å²) in [4.78, 5) is 8.32. The van der Waals surface area contributed by atoms with E-state index in [1.165, 1.54) is 10.4 Å². The standard InChI is InChI=1S/C20H19N3S.ClH/c1-3-23(4-2)13-9-10-17-18(11-13)24-19-12-16(21)14-7-5-6-8-15(14)20(19)22-17;/h5-12,21H,3-4H2,1-2H3;1H. The van der Waals surface area contributed by atoms with E-state index in [0.29, 0.717) is 5.36 Å². The summed E-state index contributed by atoms with van der Waals surface area (Å²) in [5.74, 6) is 0. The van der Waals surface area contributed by atoms with E-state index < -0.39 is 0 Å². The Kier molecular flexibility index (Phi) is 4.93. The third kappa shape index (κ3) is 2.96. The summed E-state index contributed by atoms with van der Waals surface area (Å²) >= 11 is 1.72. The van der Waals surface area contributed by atoms with Crippen molar-refractivity contribution in [2.24, 2.45) is 0 Å². The average molecular weight is 370 g/mol. The molecule has 25 heavy (non-hydrogen) atoms. The molecule has 0 radical (unpaired) electrons. The van der Waals surface area contributed by atoms with Gasteiger partial charge in [-0.3, -0.25) is 0 Å². The maximum absolute atomic E-state index is 8.29. The molecule has 1 N–H and O–H groups in total. The van der Waals surface area contributed by atoms with Crippen LogP contribution in [0, 0.1) is 5.41 Å². The molecule has 0 bridgehead atoms. The van der Waals surface area contributed by atoms with Crippen molar-refractivity contribution in [3.8, 4) is 10.6 Å². The molecule has 0 saturated carbocycles. The highest BCUT2D eigenvalue weighted by Crippen LogP contribution is 2.35. The lowest BCUT2D eigenvalue weighted by Gasteiger charge is -2.21. The third-order valence-corrected chi connectivity index (χ3v) is 5.58. The predicted molar refractivity (Wildman–Crippen MR) is 110 cm³/mol. The quantitative estimate of drug-likeness (QED) is 0.393. The first-order chi connectivity index (χ1) is 11.7. The minimum atomic E-state index is 0. The van der Waals surface area contributed by atoms with Crippen LogP contribution in [0.2, 0.25) is 0 Å². The molecule has 2 aromatic carbocycles. The summed E-state index contributed by atoms with van der Waals surface area (Å²) in [5.41, 5.74) is 3.25. The number of rotatable bonds is 3. The second-order valence-electron chi connectivity index (χ2n) is 5.85. The molecule has 2 aromatic rings. The lowest BCUT2D eigenvalue weighted by molar-refractivity contribution is 0.867. The van der Waals surface area contributed by atoms with Crippen LogP contribution in [-0.4, -0.2) is 18.1 Å². The minimum absolute atomic E-state index is 0. The number of anilines is 1. The molecule has 0 spiro atoms. The zero-order valence-corrected chi connectivity index (χ0v) is 15.9. The van der Waals surface area contributed by atoms with Crippen molar-refractivity contribution in [2.45, 2.75) is 13.8 Å². The van der Waals surface area contributed by atoms with Gasteiger partial charge in [0.05, 0.1) is 26.1 Å². The van der Waals surface area contributed by atoms with Crippen LogP contribution < -0.4 is 10.3 Å². The maximum Gasteiger partial charge on any atom is 0.0889 e. The molecule has 0 atom stereocenters. The van der Waals surface area contributed by atoms with Crippen LogP contribution in [0.3, 0.4) is 0 Å². The second-order valence-corrected chi connectivity index (χ2v) is 6.94. The van der Waals surface area contributed by atoms with Crippen molar-refractivity contribution in [3.05, 3.63) is 53.9 Å². The Morgan fingerprint density at radius 2 is 1.72 bits per heavy atom. The van der Waals surface area contributed by atoms with E-state index in [0.717, 1.165) is 39.9 Å². The van der Waals surface area contributed by atoms with Crippen LogP contribution in [0.1, 0.15) is 13.8 Å². The van der Waals surface area contributed by atoms with E-state index in [9.17, 15) is 0 Å². The van der Waals surface area contributed by atoms with Crippen LogP contribution in [0.5, 0.6) is 0 Å². The Labute approximate surface area is 157 Å². The molecule has 5 heteroatoms. The van der Waals surface area contributed by atoms with Crippen molar-refractivity contribution >= 4 is 50.4 Å². The van der Waals surface area contributed by atoms with Gasteiger partial charge in [-0.15, -0.1) is 23.7 Å². The molecular weight excluding hydrogens is 350 g/mol. The fourth-order valence-electron chi connectivity index (χ4n) is 3.23. The number of nitrogens with one attached hydrogen (secondary N) is 1. The topological polar surface area (TPSA) is 40.0 Å². The third-order valence-electron chi connectivity index (χ3n) is 4.51. The Hall–Kier alpha value is -2.17. The predicted octanol–water partition coefficient (Wildman–Crippen LogP) is 5.30. The van der Waals surface area contributed by atoms with Crippen molar-refractivity contribution in [1.82, 2.24) is 4.98 Å². The molecule has 1 heterocycles. The molecule has 4 rings (SSSR count). The Morgan fingerprint density at radius 1 is 1.00 bits per heavy atom. The number of nitrogens with zero attached hydrogens (tertiary/aromatic N) is 2. The Bertz CT molecular complexity index is 1070. The van der Waals surface area contributed by atoms with E-state index in [1.807, 2.05) is 24.3 Å². The first-order valence-electron chi connectivity index (χ1n) is 8.27. The summed E-state index contributed by atoms with van der Waals surface area (Å²) < 4.78 is 1.17. The average Bonchev–Trinajstić information content (AvgIpc) is 2.62. The van der Waals surface area contributed by atoms with Crippen molar-refractivity contribution in [1.29, 1.82) is 5.41 Å². The maximum atomic E-state index is 8.29. The first-order valence-corrected chi connectivity index (χ1v) is 9.08. The number of hydrogen-bond donors (Lipinski definition) is 1. The molecule has 3 nitrogen and oxygen atoms in total. The van der Waals surface area contributed by atoms with Gasteiger partial charge in [0.15, 0.2) is 0 Å². The number of halogens is 1. The minimum Gasteiger partial charge on any atom is -0.372 e. The second kappa shape index (κ2) is 6.98. The van der Waals surface area contributed by atoms with Gasteiger partial charge in [0, 0.05) is 29.5 Å². The summed E-state index contributed by atoms with van der Waals surface area (Å²) in [7, 11) is 0. The molecule has 0 fully saturated rings. The SMILES string of the molecule is CCN(CC)c1ccc2nc3c4ccccc4c(=N)cc-3sc2c1.Cl. The van der Waals surface area contributed by atoms with Gasteiger partial charge >= 0.3 is 0 Å². The number of aromatic nitrogens is 1. The lowest BCUT2D eigenvalue weighted by Crippen LogP contribution is -2.21. The largest absolute Gasteiger partial charge is 0.372 e. The van der Waals surface area contributed by atoms with Gasteiger partial charge in [-0.05, 0) is 38.1 Å². The monoisotopic (exact) mass is 369 g/mol. The number of fused-ring (bicyclic) bond motifs is 4. The zero-order chi connectivity index (χ0) is 16.7. The number of benzene rings is 3. The van der Waals surface area contributed by atoms with Gasteiger partial charge in [0.1, 0.15) is 0 Å². The fourth-order valence-corrected chi connectivity index (χ4v) is 4.29. The van der Waals surface area contributed by atoms with E-state index in [4.69, 9.17) is 10.4 Å². The van der Waals surface area contributed by atoms with Crippen LogP contribution >= 0.6 is 23.7 Å². The molecule has 0 saturated heterocycles. The van der Waals surface area contributed by atoms with Crippen LogP contribution in [0.15, 0.2) is 48.5 Å². The number of hydrogen-bond acceptors (Lipinski definition) is 4. The summed E-state index contributed by atoms with van der Waals surface area (Å²) in [5, 5.41) is 10.9. The van der Waals surface area contributed by atoms with E-state index >= 15 is 0 Å². The molecule has 0 unspecified atom stereocenters. The van der Waals surface area contributed by atoms with Crippen LogP contribution in [0.25, 0.3) is 31.6 Å². The summed E-state index contributed by atoms with van der Waals surface area (Å²) in [6.07, 6.45) is 0. The summed E-state index contributed by atoms with van der Waals surface area (Å²) in [6, 6.07) is 16.5. The molecule has 0 aromatic heterocycles. The van der Waals surface area contributed by atoms with Gasteiger partial charge in [-0.1, -0.05) is 24.3 Å². The highest BCUT2D eigenvalue weighted by molar-refractivity contribution is 7.21. The van der Waals surface area contributed by atoms with Gasteiger partial charge in [0.25, 0.3) is 0 Å². The van der Waals surface area contributed by atoms with E-state index in [-0.39, 0.29) is 12.4 Å². The van der Waals surface area contributed by atoms with E-state index in [2.05, 4.69) is 43.0 Å². The van der Waals surface area contributed by atoms with Crippen molar-refractivity contribution in [2.75, 3.05) is 18.0 Å². The van der Waals surface area contributed by atoms with Crippen LogP contribution in [-0.2, 0) is 0 Å². The molecule has 1 aliphatic carbocycles. The zero-order valence-electron chi connectivity index (χ0n) is 14.2. The first kappa shape index (κ1) is 17.6. The normalized spacial score (nSPS) is 11.0. The van der Waals surface area contributed by atoms with Gasteiger partial charge < -0.3 is 10.3 Å². The molecule has 0 amide bonds. The summed E-state index contributed by atoms with van der Waals surface area (Å²) in [6.45, 7) is 6.34. The van der Waals surface area contributed by atoms with Crippen molar-refractivity contribution < 1.29 is 0 Å². The molecule has 1 aliphatic heterocycles. The molecular formula is C20H20ClN3S. The highest BCUT2D eigenvalue weighted by atomic mass is 35.5. The van der Waals surface area contributed by atoms with Gasteiger partial charge in [-0.25, -0.2) is 4.98 Å².